The smallest absolute Gasteiger partial charge is 0.226 e. The lowest BCUT2D eigenvalue weighted by atomic mass is 9.92. The van der Waals surface area contributed by atoms with Gasteiger partial charge in [0.15, 0.2) is 0 Å². The number of nitrogens with zero attached hydrogens (tertiary/aromatic N) is 1. The third kappa shape index (κ3) is 6.52. The molecule has 1 rings (SSSR count). The Balaban J connectivity index is 2.87. The minimum Gasteiger partial charge on any atom is -0.342 e. The fourth-order valence-electron chi connectivity index (χ4n) is 2.95. The molecule has 0 aromatic heterocycles. The van der Waals surface area contributed by atoms with Crippen molar-refractivity contribution in [3.63, 3.8) is 0 Å². The number of anilines is 1. The van der Waals surface area contributed by atoms with E-state index in [1.807, 2.05) is 0 Å². The van der Waals surface area contributed by atoms with Gasteiger partial charge in [-0.1, -0.05) is 59.7 Å². The molecular weight excluding hydrogens is 312 g/mol. The van der Waals surface area contributed by atoms with E-state index >= 15 is 0 Å². The van der Waals surface area contributed by atoms with E-state index < -0.39 is 0 Å². The van der Waals surface area contributed by atoms with Crippen LogP contribution in [-0.2, 0) is 9.59 Å². The molecule has 0 bridgehead atoms. The molecule has 0 radical (unpaired) electrons. The molecule has 0 aliphatic heterocycles. The summed E-state index contributed by atoms with van der Waals surface area (Å²) in [4.78, 5) is 26.0. The SMILES string of the molecule is CC(=O)N(CCC(=O)Nc1c(C(C)C)cccc1C(C)C)CC(C)C. The molecule has 0 unspecified atom stereocenters. The van der Waals surface area contributed by atoms with E-state index in [2.05, 4.69) is 65.1 Å². The maximum Gasteiger partial charge on any atom is 0.226 e. The molecule has 0 saturated carbocycles. The first-order valence-electron chi connectivity index (χ1n) is 9.31. The van der Waals surface area contributed by atoms with Crippen molar-refractivity contribution in [3.05, 3.63) is 29.3 Å². The predicted octanol–water partition coefficient (Wildman–Crippen LogP) is 4.77. The van der Waals surface area contributed by atoms with Crippen molar-refractivity contribution in [1.29, 1.82) is 0 Å². The molecule has 1 aromatic carbocycles. The molecular formula is C21H34N2O2. The molecule has 1 aromatic rings. The van der Waals surface area contributed by atoms with Crippen molar-refractivity contribution in [3.8, 4) is 0 Å². The van der Waals surface area contributed by atoms with E-state index in [4.69, 9.17) is 0 Å². The van der Waals surface area contributed by atoms with Gasteiger partial charge in [0.25, 0.3) is 0 Å². The largest absolute Gasteiger partial charge is 0.342 e. The number of benzene rings is 1. The van der Waals surface area contributed by atoms with Gasteiger partial charge in [-0.3, -0.25) is 9.59 Å². The molecule has 25 heavy (non-hydrogen) atoms. The minimum absolute atomic E-state index is 0.0203. The van der Waals surface area contributed by atoms with Crippen molar-refractivity contribution in [2.24, 2.45) is 5.92 Å². The van der Waals surface area contributed by atoms with E-state index in [1.54, 1.807) is 11.8 Å². The molecule has 1 N–H and O–H groups in total. The fourth-order valence-corrected chi connectivity index (χ4v) is 2.95. The first kappa shape index (κ1) is 21.2. The zero-order valence-electron chi connectivity index (χ0n) is 16.8. The lowest BCUT2D eigenvalue weighted by molar-refractivity contribution is -0.129. The molecule has 0 atom stereocenters. The number of carbonyl (C=O) groups excluding carboxylic acids is 2. The molecule has 0 saturated heterocycles. The van der Waals surface area contributed by atoms with Crippen LogP contribution in [0.1, 0.15) is 77.8 Å². The van der Waals surface area contributed by atoms with Crippen LogP contribution in [0.5, 0.6) is 0 Å². The Morgan fingerprint density at radius 1 is 1.00 bits per heavy atom. The van der Waals surface area contributed by atoms with Gasteiger partial charge in [-0.05, 0) is 28.9 Å². The van der Waals surface area contributed by atoms with Gasteiger partial charge >= 0.3 is 0 Å². The number of para-hydroxylation sites is 1. The van der Waals surface area contributed by atoms with E-state index in [0.717, 1.165) is 16.8 Å². The van der Waals surface area contributed by atoms with E-state index in [-0.39, 0.29) is 11.8 Å². The third-order valence-electron chi connectivity index (χ3n) is 4.28. The van der Waals surface area contributed by atoms with Gasteiger partial charge < -0.3 is 10.2 Å². The molecule has 4 heteroatoms. The van der Waals surface area contributed by atoms with Gasteiger partial charge in [0.2, 0.25) is 11.8 Å². The van der Waals surface area contributed by atoms with Crippen LogP contribution in [0.2, 0.25) is 0 Å². The maximum absolute atomic E-state index is 12.5. The second kappa shape index (κ2) is 9.59. The van der Waals surface area contributed by atoms with E-state index in [0.29, 0.717) is 37.3 Å². The zero-order chi connectivity index (χ0) is 19.1. The van der Waals surface area contributed by atoms with E-state index in [1.165, 1.54) is 0 Å². The number of hydrogen-bond acceptors (Lipinski definition) is 2. The maximum atomic E-state index is 12.5. The molecule has 0 aliphatic rings. The molecule has 4 nitrogen and oxygen atoms in total. The average Bonchev–Trinajstić information content (AvgIpc) is 2.50. The first-order chi connectivity index (χ1) is 11.6. The lowest BCUT2D eigenvalue weighted by Gasteiger charge is -2.24. The van der Waals surface area contributed by atoms with Crippen molar-refractivity contribution in [1.82, 2.24) is 4.90 Å². The number of amides is 2. The van der Waals surface area contributed by atoms with Crippen LogP contribution in [0.25, 0.3) is 0 Å². The van der Waals surface area contributed by atoms with Gasteiger partial charge in [-0.2, -0.15) is 0 Å². The average molecular weight is 347 g/mol. The Kier molecular flexibility index (Phi) is 8.14. The zero-order valence-corrected chi connectivity index (χ0v) is 16.8. The summed E-state index contributed by atoms with van der Waals surface area (Å²) in [5.74, 6) is 1.05. The lowest BCUT2D eigenvalue weighted by Crippen LogP contribution is -2.35. The third-order valence-corrected chi connectivity index (χ3v) is 4.28. The monoisotopic (exact) mass is 346 g/mol. The molecule has 0 aliphatic carbocycles. The fraction of sp³-hybridized carbons (Fsp3) is 0.619. The van der Waals surface area contributed by atoms with Crippen molar-refractivity contribution in [2.45, 2.75) is 66.7 Å². The first-order valence-corrected chi connectivity index (χ1v) is 9.31. The summed E-state index contributed by atoms with van der Waals surface area (Å²) in [6.07, 6.45) is 0.316. The molecule has 0 heterocycles. The summed E-state index contributed by atoms with van der Waals surface area (Å²) in [7, 11) is 0. The summed E-state index contributed by atoms with van der Waals surface area (Å²) in [5.41, 5.74) is 3.26. The van der Waals surface area contributed by atoms with Crippen molar-refractivity contribution in [2.75, 3.05) is 18.4 Å². The Morgan fingerprint density at radius 3 is 1.92 bits per heavy atom. The second-order valence-electron chi connectivity index (χ2n) is 7.78. The normalized spacial score (nSPS) is 11.3. The van der Waals surface area contributed by atoms with Crippen LogP contribution in [-0.4, -0.2) is 29.8 Å². The molecule has 0 spiro atoms. The molecule has 0 fully saturated rings. The summed E-state index contributed by atoms with van der Waals surface area (Å²) in [6.45, 7) is 15.4. The standard InChI is InChI=1S/C21H34N2O2/c1-14(2)13-23(17(7)24)12-11-20(25)22-21-18(15(3)4)9-8-10-19(21)16(5)6/h8-10,14-16H,11-13H2,1-7H3,(H,22,25). The highest BCUT2D eigenvalue weighted by Crippen LogP contribution is 2.32. The predicted molar refractivity (Wildman–Crippen MR) is 105 cm³/mol. The Bertz CT molecular complexity index is 565. The van der Waals surface area contributed by atoms with Crippen molar-refractivity contribution < 1.29 is 9.59 Å². The second-order valence-corrected chi connectivity index (χ2v) is 7.78. The van der Waals surface area contributed by atoms with Gasteiger partial charge in [0, 0.05) is 32.1 Å². The van der Waals surface area contributed by atoms with Gasteiger partial charge in [-0.25, -0.2) is 0 Å². The molecule has 140 valence electrons. The number of carbonyl (C=O) groups is 2. The number of hydrogen-bond donors (Lipinski definition) is 1. The minimum atomic E-state index is -0.0370. The Labute approximate surface area is 153 Å². The Hall–Kier alpha value is -1.84. The topological polar surface area (TPSA) is 49.4 Å². The highest BCUT2D eigenvalue weighted by Gasteiger charge is 2.17. The highest BCUT2D eigenvalue weighted by molar-refractivity contribution is 5.93. The summed E-state index contributed by atoms with van der Waals surface area (Å²) in [6, 6.07) is 6.21. The number of rotatable bonds is 8. The van der Waals surface area contributed by atoms with Crippen LogP contribution in [0.3, 0.4) is 0 Å². The van der Waals surface area contributed by atoms with Crippen LogP contribution >= 0.6 is 0 Å². The van der Waals surface area contributed by atoms with E-state index in [9.17, 15) is 9.59 Å². The van der Waals surface area contributed by atoms with Crippen LogP contribution in [0.15, 0.2) is 18.2 Å². The van der Waals surface area contributed by atoms with Gasteiger partial charge in [0.1, 0.15) is 0 Å². The summed E-state index contributed by atoms with van der Waals surface area (Å²) < 4.78 is 0. The van der Waals surface area contributed by atoms with Gasteiger partial charge in [-0.15, -0.1) is 0 Å². The highest BCUT2D eigenvalue weighted by atomic mass is 16.2. The van der Waals surface area contributed by atoms with Crippen LogP contribution in [0, 0.1) is 5.92 Å². The quantitative estimate of drug-likeness (QED) is 0.737. The summed E-state index contributed by atoms with van der Waals surface area (Å²) >= 11 is 0. The number of nitrogens with one attached hydrogen (secondary N) is 1. The van der Waals surface area contributed by atoms with Crippen LogP contribution < -0.4 is 5.32 Å². The summed E-state index contributed by atoms with van der Waals surface area (Å²) in [5, 5.41) is 3.11. The van der Waals surface area contributed by atoms with Crippen molar-refractivity contribution >= 4 is 17.5 Å². The molecule has 2 amide bonds. The van der Waals surface area contributed by atoms with Gasteiger partial charge in [0.05, 0.1) is 0 Å². The van der Waals surface area contributed by atoms with Crippen LogP contribution in [0.4, 0.5) is 5.69 Å². The Morgan fingerprint density at radius 2 is 1.52 bits per heavy atom.